The lowest BCUT2D eigenvalue weighted by molar-refractivity contribution is 0.536. The highest BCUT2D eigenvalue weighted by Gasteiger charge is 2.19. The summed E-state index contributed by atoms with van der Waals surface area (Å²) in [6, 6.07) is -0.0884. The van der Waals surface area contributed by atoms with Crippen molar-refractivity contribution in [3.8, 4) is 0 Å². The third-order valence-corrected chi connectivity index (χ3v) is 5.21. The molecule has 0 saturated carbocycles. The molecule has 5 nitrogen and oxygen atoms in total. The highest BCUT2D eigenvalue weighted by atomic mass is 32.2. The van der Waals surface area contributed by atoms with E-state index in [0.29, 0.717) is 0 Å². The molecule has 0 heterocycles. The van der Waals surface area contributed by atoms with E-state index in [-0.39, 0.29) is 23.3 Å². The predicted molar refractivity (Wildman–Crippen MR) is 66.1 cm³/mol. The van der Waals surface area contributed by atoms with Crippen LogP contribution in [0.15, 0.2) is 0 Å². The molecule has 1 atom stereocenters. The largest absolute Gasteiger partial charge is 0.316 e. The SMILES string of the molecule is CCCC(CS(=O)(=O)CCS(C)(=O)=O)NC. The average Bonchev–Trinajstić information content (AvgIpc) is 2.13. The smallest absolute Gasteiger partial charge is 0.152 e. The maximum absolute atomic E-state index is 11.6. The van der Waals surface area contributed by atoms with Crippen molar-refractivity contribution in [2.45, 2.75) is 25.8 Å². The Bertz CT molecular complexity index is 386. The van der Waals surface area contributed by atoms with Crippen molar-refractivity contribution in [1.82, 2.24) is 5.32 Å². The van der Waals surface area contributed by atoms with E-state index < -0.39 is 19.7 Å². The first-order valence-corrected chi connectivity index (χ1v) is 9.14. The Kier molecular flexibility index (Phi) is 6.50. The fraction of sp³-hybridized carbons (Fsp3) is 1.00. The van der Waals surface area contributed by atoms with Gasteiger partial charge in [0.05, 0.1) is 17.3 Å². The van der Waals surface area contributed by atoms with Crippen molar-refractivity contribution in [3.63, 3.8) is 0 Å². The quantitative estimate of drug-likeness (QED) is 0.663. The van der Waals surface area contributed by atoms with Gasteiger partial charge in [-0.1, -0.05) is 13.3 Å². The van der Waals surface area contributed by atoms with Crippen molar-refractivity contribution < 1.29 is 16.8 Å². The number of nitrogens with one attached hydrogen (secondary N) is 1. The molecule has 0 fully saturated rings. The Morgan fingerprint density at radius 2 is 1.69 bits per heavy atom. The van der Waals surface area contributed by atoms with Crippen molar-refractivity contribution in [1.29, 1.82) is 0 Å². The summed E-state index contributed by atoms with van der Waals surface area (Å²) < 4.78 is 45.0. The van der Waals surface area contributed by atoms with Gasteiger partial charge in [-0.2, -0.15) is 0 Å². The first-order valence-electron chi connectivity index (χ1n) is 5.25. The molecule has 0 bridgehead atoms. The minimum absolute atomic E-state index is 0.00681. The van der Waals surface area contributed by atoms with E-state index >= 15 is 0 Å². The van der Waals surface area contributed by atoms with Gasteiger partial charge in [-0.15, -0.1) is 0 Å². The fourth-order valence-corrected chi connectivity index (χ4v) is 4.67. The summed E-state index contributed by atoms with van der Waals surface area (Å²) >= 11 is 0. The summed E-state index contributed by atoms with van der Waals surface area (Å²) in [5, 5.41) is 2.93. The molecule has 0 aromatic heterocycles. The summed E-state index contributed by atoms with van der Waals surface area (Å²) in [5.74, 6) is -0.571. The monoisotopic (exact) mass is 271 g/mol. The number of hydrogen-bond acceptors (Lipinski definition) is 5. The van der Waals surface area contributed by atoms with E-state index in [0.717, 1.165) is 19.1 Å². The highest BCUT2D eigenvalue weighted by Crippen LogP contribution is 2.02. The van der Waals surface area contributed by atoms with Gasteiger partial charge in [-0.25, -0.2) is 16.8 Å². The molecule has 0 rings (SSSR count). The number of rotatable bonds is 8. The first kappa shape index (κ1) is 15.9. The van der Waals surface area contributed by atoms with Crippen LogP contribution in [0.3, 0.4) is 0 Å². The van der Waals surface area contributed by atoms with E-state index in [1.165, 1.54) is 0 Å². The zero-order valence-electron chi connectivity index (χ0n) is 10.1. The zero-order chi connectivity index (χ0) is 12.8. The molecule has 7 heteroatoms. The van der Waals surface area contributed by atoms with Crippen LogP contribution in [0.4, 0.5) is 0 Å². The van der Waals surface area contributed by atoms with Crippen LogP contribution in [0.25, 0.3) is 0 Å². The maximum atomic E-state index is 11.6. The second-order valence-electron chi connectivity index (χ2n) is 4.02. The molecule has 0 amide bonds. The minimum Gasteiger partial charge on any atom is -0.316 e. The van der Waals surface area contributed by atoms with Crippen molar-refractivity contribution in [2.75, 3.05) is 30.6 Å². The summed E-state index contributed by atoms with van der Waals surface area (Å²) in [6.07, 6.45) is 2.71. The summed E-state index contributed by atoms with van der Waals surface area (Å²) in [5.41, 5.74) is 0. The number of sulfone groups is 2. The van der Waals surface area contributed by atoms with E-state index in [4.69, 9.17) is 0 Å². The Morgan fingerprint density at radius 3 is 2.06 bits per heavy atom. The van der Waals surface area contributed by atoms with Crippen LogP contribution < -0.4 is 5.32 Å². The van der Waals surface area contributed by atoms with E-state index in [2.05, 4.69) is 5.32 Å². The van der Waals surface area contributed by atoms with Crippen molar-refractivity contribution in [2.24, 2.45) is 0 Å². The fourth-order valence-electron chi connectivity index (χ4n) is 1.33. The van der Waals surface area contributed by atoms with Gasteiger partial charge in [0.2, 0.25) is 0 Å². The van der Waals surface area contributed by atoms with Gasteiger partial charge in [0.1, 0.15) is 9.84 Å². The van der Waals surface area contributed by atoms with Gasteiger partial charge in [-0.05, 0) is 13.5 Å². The second-order valence-corrected chi connectivity index (χ2v) is 8.51. The first-order chi connectivity index (χ1) is 7.20. The molecule has 0 aliphatic rings. The third-order valence-electron chi connectivity index (χ3n) is 2.27. The van der Waals surface area contributed by atoms with E-state index in [1.54, 1.807) is 7.05 Å². The van der Waals surface area contributed by atoms with Crippen LogP contribution in [0.2, 0.25) is 0 Å². The molecule has 0 aromatic carbocycles. The molecule has 98 valence electrons. The Morgan fingerprint density at radius 1 is 1.12 bits per heavy atom. The lowest BCUT2D eigenvalue weighted by Gasteiger charge is -2.14. The van der Waals surface area contributed by atoms with Crippen LogP contribution in [0, 0.1) is 0 Å². The van der Waals surface area contributed by atoms with Crippen LogP contribution in [-0.2, 0) is 19.7 Å². The summed E-state index contributed by atoms with van der Waals surface area (Å²) in [4.78, 5) is 0. The number of hydrogen-bond donors (Lipinski definition) is 1. The van der Waals surface area contributed by atoms with Crippen molar-refractivity contribution >= 4 is 19.7 Å². The van der Waals surface area contributed by atoms with Gasteiger partial charge in [0.25, 0.3) is 0 Å². The van der Waals surface area contributed by atoms with Crippen LogP contribution in [0.1, 0.15) is 19.8 Å². The summed E-state index contributed by atoms with van der Waals surface area (Å²) in [7, 11) is -4.79. The lowest BCUT2D eigenvalue weighted by atomic mass is 10.2. The maximum Gasteiger partial charge on any atom is 0.152 e. The van der Waals surface area contributed by atoms with Crippen LogP contribution in [-0.4, -0.2) is 53.4 Å². The Labute approximate surface area is 98.5 Å². The van der Waals surface area contributed by atoms with Gasteiger partial charge >= 0.3 is 0 Å². The molecule has 0 aliphatic heterocycles. The predicted octanol–water partition coefficient (Wildman–Crippen LogP) is -0.166. The molecule has 0 aliphatic carbocycles. The average molecular weight is 271 g/mol. The lowest BCUT2D eigenvalue weighted by Crippen LogP contribution is -2.34. The molecule has 0 saturated heterocycles. The Balaban J connectivity index is 4.34. The van der Waals surface area contributed by atoms with E-state index in [9.17, 15) is 16.8 Å². The molecule has 1 N–H and O–H groups in total. The second kappa shape index (κ2) is 6.56. The zero-order valence-corrected chi connectivity index (χ0v) is 11.7. The minimum atomic E-state index is -3.29. The Hall–Kier alpha value is -0.140. The van der Waals surface area contributed by atoms with E-state index in [1.807, 2.05) is 6.92 Å². The molecule has 0 radical (unpaired) electrons. The molecule has 0 aromatic rings. The van der Waals surface area contributed by atoms with Gasteiger partial charge in [0, 0.05) is 12.3 Å². The van der Waals surface area contributed by atoms with Gasteiger partial charge in [0.15, 0.2) is 9.84 Å². The van der Waals surface area contributed by atoms with Gasteiger partial charge in [-0.3, -0.25) is 0 Å². The topological polar surface area (TPSA) is 80.3 Å². The van der Waals surface area contributed by atoms with Crippen LogP contribution in [0.5, 0.6) is 0 Å². The molecule has 1 unspecified atom stereocenters. The van der Waals surface area contributed by atoms with Gasteiger partial charge < -0.3 is 5.32 Å². The molecule has 16 heavy (non-hydrogen) atoms. The van der Waals surface area contributed by atoms with Crippen LogP contribution >= 0.6 is 0 Å². The van der Waals surface area contributed by atoms with Crippen molar-refractivity contribution in [3.05, 3.63) is 0 Å². The summed E-state index contributed by atoms with van der Waals surface area (Å²) in [6.45, 7) is 1.98. The molecular formula is C9H21NO4S2. The third kappa shape index (κ3) is 8.06. The normalized spacial score (nSPS) is 14.9. The highest BCUT2D eigenvalue weighted by molar-refractivity contribution is 7.94. The molecular weight excluding hydrogens is 250 g/mol. The molecule has 0 spiro atoms. The standard InChI is InChI=1S/C9H21NO4S2/c1-4-5-9(10-2)8-16(13,14)7-6-15(3,11)12/h9-10H,4-8H2,1-3H3.